The maximum absolute atomic E-state index is 2.64. The Kier molecular flexibility index (Phi) is 14.5. The molecule has 114 heavy (non-hydrogen) atoms. The van der Waals surface area contributed by atoms with Crippen molar-refractivity contribution in [3.63, 3.8) is 0 Å². The highest BCUT2D eigenvalue weighted by Gasteiger charge is 2.39. The van der Waals surface area contributed by atoms with E-state index in [0.717, 1.165) is 56.0 Å². The molecule has 23 rings (SSSR count). The van der Waals surface area contributed by atoms with Gasteiger partial charge in [-0.15, -0.1) is 0 Å². The molecule has 0 aliphatic heterocycles. The van der Waals surface area contributed by atoms with Crippen LogP contribution in [-0.4, -0.2) is 9.13 Å². The number of hydrogen-bond acceptors (Lipinski definition) is 0. The minimum atomic E-state index is -0.290. The van der Waals surface area contributed by atoms with Crippen molar-refractivity contribution >= 4 is 86.4 Å². The summed E-state index contributed by atoms with van der Waals surface area (Å²) >= 11 is 0. The summed E-state index contributed by atoms with van der Waals surface area (Å²) in [5, 5.41) is 16.7. The van der Waals surface area contributed by atoms with Gasteiger partial charge in [-0.25, -0.2) is 0 Å². The van der Waals surface area contributed by atoms with E-state index in [1.807, 2.05) is 0 Å². The Bertz CT molecular complexity index is 7160. The first-order valence-electron chi connectivity index (χ1n) is 40.0. The van der Waals surface area contributed by atoms with Crippen LogP contribution in [0.25, 0.3) is 209 Å². The molecule has 0 radical (unpaired) electrons. The third-order valence-corrected chi connectivity index (χ3v) is 25.7. The van der Waals surface area contributed by atoms with E-state index in [4.69, 9.17) is 0 Å². The highest BCUT2D eigenvalue weighted by atomic mass is 15.0. The Hall–Kier alpha value is -14.2. The molecular weight excluding hydrogens is 1370 g/mol. The number of hydrogen-bond donors (Lipinski definition) is 0. The van der Waals surface area contributed by atoms with Crippen LogP contribution >= 0.6 is 0 Å². The van der Waals surface area contributed by atoms with Crippen molar-refractivity contribution in [2.75, 3.05) is 0 Å². The van der Waals surface area contributed by atoms with Crippen LogP contribution in [0.5, 0.6) is 0 Å². The van der Waals surface area contributed by atoms with Crippen LogP contribution in [-0.2, 0) is 10.8 Å². The molecule has 2 nitrogen and oxygen atoms in total. The fourth-order valence-corrected chi connectivity index (χ4v) is 20.3. The smallest absolute Gasteiger partial charge is 0.0619 e. The molecule has 534 valence electrons. The minimum absolute atomic E-state index is 0.290. The van der Waals surface area contributed by atoms with Gasteiger partial charge in [-0.05, 0) is 226 Å². The van der Waals surface area contributed by atoms with Crippen molar-refractivity contribution in [3.8, 4) is 123 Å². The van der Waals surface area contributed by atoms with Gasteiger partial charge in [0.2, 0.25) is 0 Å². The zero-order valence-electron chi connectivity index (χ0n) is 63.8. The summed E-state index contributed by atoms with van der Waals surface area (Å²) in [6.45, 7) is 9.72. The Labute approximate surface area is 663 Å². The van der Waals surface area contributed by atoms with Crippen molar-refractivity contribution in [2.24, 2.45) is 0 Å². The largest absolute Gasteiger partial charge is 0.308 e. The van der Waals surface area contributed by atoms with Gasteiger partial charge in [-0.1, -0.05) is 355 Å². The van der Waals surface area contributed by atoms with E-state index in [0.29, 0.717) is 0 Å². The number of fused-ring (bicyclic) bond motifs is 14. The molecule has 0 bridgehead atoms. The molecule has 0 unspecified atom stereocenters. The maximum atomic E-state index is 2.64. The van der Waals surface area contributed by atoms with Crippen LogP contribution in [0.1, 0.15) is 49.9 Å². The van der Waals surface area contributed by atoms with Crippen molar-refractivity contribution in [1.82, 2.24) is 9.13 Å². The molecule has 0 spiro atoms. The molecule has 0 amide bonds. The summed E-state index contributed by atoms with van der Waals surface area (Å²) in [5.74, 6) is 0. The first kappa shape index (κ1) is 65.7. The summed E-state index contributed by atoms with van der Waals surface area (Å²) in [5.41, 5.74) is 33.2. The molecule has 2 heterocycles. The SMILES string of the molecule is CC1(C)c2ccccc2-c2ccc(-c3c4cc5c(-c6ccccc6)c(-c6ccccc6)n(-c6ccc(-c7ccc8ccccc8c7)c7ccccc67)c5cc4c(-c4ccc5c(c4)C(C)(C)c4ccccc4-5)c4cc5c(-c6ccccc6)c(-c6ccccc6)n(-c6ccc(-c7ccc8ccccc8c7)c7ccccc67)c5cc34)cc21. The zero-order valence-corrected chi connectivity index (χ0v) is 63.8. The Morgan fingerprint density at radius 2 is 0.491 bits per heavy atom. The topological polar surface area (TPSA) is 9.86 Å². The maximum Gasteiger partial charge on any atom is 0.0619 e. The van der Waals surface area contributed by atoms with Crippen LogP contribution in [0.3, 0.4) is 0 Å². The van der Waals surface area contributed by atoms with E-state index < -0.39 is 0 Å². The van der Waals surface area contributed by atoms with Gasteiger partial charge in [0, 0.05) is 43.5 Å². The zero-order chi connectivity index (χ0) is 75.7. The van der Waals surface area contributed by atoms with Crippen molar-refractivity contribution in [3.05, 3.63) is 411 Å². The van der Waals surface area contributed by atoms with E-state index in [1.54, 1.807) is 0 Å². The molecule has 19 aromatic carbocycles. The fourth-order valence-electron chi connectivity index (χ4n) is 20.3. The van der Waals surface area contributed by atoms with E-state index >= 15 is 0 Å². The fraction of sp³-hybridized carbons (Fsp3) is 0.0536. The average Bonchev–Trinajstić information content (AvgIpc) is 1.51. The van der Waals surface area contributed by atoms with Crippen molar-refractivity contribution in [2.45, 2.75) is 38.5 Å². The highest BCUT2D eigenvalue weighted by Crippen LogP contribution is 2.58. The molecular formula is C112H76N2. The molecule has 21 aromatic rings. The molecule has 0 saturated heterocycles. The lowest BCUT2D eigenvalue weighted by Gasteiger charge is -2.24. The molecule has 0 fully saturated rings. The predicted octanol–water partition coefficient (Wildman–Crippen LogP) is 30.4. The second-order valence-electron chi connectivity index (χ2n) is 32.5. The summed E-state index contributed by atoms with van der Waals surface area (Å²) in [6.07, 6.45) is 0. The van der Waals surface area contributed by atoms with E-state index in [-0.39, 0.29) is 10.8 Å². The van der Waals surface area contributed by atoms with Gasteiger partial charge >= 0.3 is 0 Å². The van der Waals surface area contributed by atoms with E-state index in [1.165, 1.54) is 176 Å². The number of rotatable bonds is 10. The van der Waals surface area contributed by atoms with Gasteiger partial charge < -0.3 is 9.13 Å². The number of benzene rings is 19. The van der Waals surface area contributed by atoms with E-state index in [2.05, 4.69) is 425 Å². The molecule has 2 heteroatoms. The van der Waals surface area contributed by atoms with E-state index in [9.17, 15) is 0 Å². The van der Waals surface area contributed by atoms with Gasteiger partial charge in [0.05, 0.1) is 33.8 Å². The third kappa shape index (κ3) is 9.80. The van der Waals surface area contributed by atoms with Gasteiger partial charge in [0.1, 0.15) is 0 Å². The Morgan fingerprint density at radius 3 is 0.904 bits per heavy atom. The molecule has 2 aromatic heterocycles. The van der Waals surface area contributed by atoms with Gasteiger partial charge in [-0.2, -0.15) is 0 Å². The van der Waals surface area contributed by atoms with Gasteiger partial charge in [0.15, 0.2) is 0 Å². The average molecular weight is 1450 g/mol. The van der Waals surface area contributed by atoms with Gasteiger partial charge in [-0.3, -0.25) is 0 Å². The lowest BCUT2D eigenvalue weighted by Crippen LogP contribution is -2.15. The first-order chi connectivity index (χ1) is 56.1. The highest BCUT2D eigenvalue weighted by molar-refractivity contribution is 6.28. The second kappa shape index (κ2) is 25.2. The molecule has 0 atom stereocenters. The summed E-state index contributed by atoms with van der Waals surface area (Å²) in [6, 6.07) is 148. The number of aromatic nitrogens is 2. The lowest BCUT2D eigenvalue weighted by atomic mass is 9.79. The van der Waals surface area contributed by atoms with Crippen LogP contribution in [0.2, 0.25) is 0 Å². The van der Waals surface area contributed by atoms with Crippen LogP contribution in [0.15, 0.2) is 388 Å². The van der Waals surface area contributed by atoms with Crippen molar-refractivity contribution in [1.29, 1.82) is 0 Å². The lowest BCUT2D eigenvalue weighted by molar-refractivity contribution is 0.660. The molecule has 0 saturated carbocycles. The number of nitrogens with zero attached hydrogens (tertiary/aromatic N) is 2. The second-order valence-corrected chi connectivity index (χ2v) is 32.5. The minimum Gasteiger partial charge on any atom is -0.308 e. The Balaban J connectivity index is 0.919. The molecule has 2 aliphatic rings. The normalized spacial score (nSPS) is 13.2. The van der Waals surface area contributed by atoms with Gasteiger partial charge in [0.25, 0.3) is 0 Å². The van der Waals surface area contributed by atoms with Crippen LogP contribution < -0.4 is 0 Å². The van der Waals surface area contributed by atoms with Crippen LogP contribution in [0, 0.1) is 0 Å². The third-order valence-electron chi connectivity index (χ3n) is 25.7. The monoisotopic (exact) mass is 1450 g/mol. The molecule has 2 aliphatic carbocycles. The predicted molar refractivity (Wildman–Crippen MR) is 484 cm³/mol. The summed E-state index contributed by atoms with van der Waals surface area (Å²) in [4.78, 5) is 0. The summed E-state index contributed by atoms with van der Waals surface area (Å²) in [7, 11) is 0. The first-order valence-corrected chi connectivity index (χ1v) is 40.0. The Morgan fingerprint density at radius 1 is 0.175 bits per heavy atom. The molecule has 0 N–H and O–H groups in total. The van der Waals surface area contributed by atoms with Crippen molar-refractivity contribution < 1.29 is 0 Å². The quantitative estimate of drug-likeness (QED) is 0.121. The standard InChI is InChI=1S/C112H76N2/c1-111(2)97-47-27-25-43-85(97)87-55-53-79(63-99(87)111)105-91-65-95-104(114(109(73-35-13-7-14-36-73)107(95)71-31-9-5-10-32-71)102-60-58-82(84-42-22-24-46-90(84)102)78-52-50-70-30-18-20-40-76(70)62-78)68-94(91)106(80-54-56-88-86-44-26-28-48-98(86)112(3,4)100(88)64-80)92-66-96-103(67-93(92)105)113(110(74-37-15-8-16-38-74)108(96)72-33-11-6-12-34-72)101-59-57-81(83-41-21-23-45-89(83)101)77-51-49-69-29-17-19-39-75(69)61-77/h5-68H,1-4H3. The summed E-state index contributed by atoms with van der Waals surface area (Å²) < 4.78 is 5.28. The van der Waals surface area contributed by atoms with Crippen LogP contribution in [0.4, 0.5) is 0 Å².